The maximum absolute atomic E-state index is 13.1. The molecular formula is C39H36ClN3O4S. The zero-order valence-electron chi connectivity index (χ0n) is 26.3. The Morgan fingerprint density at radius 2 is 1.48 bits per heavy atom. The number of hydrogen-bond acceptors (Lipinski definition) is 4. The van der Waals surface area contributed by atoms with Crippen molar-refractivity contribution in [2.75, 3.05) is 6.54 Å². The van der Waals surface area contributed by atoms with Crippen LogP contribution >= 0.6 is 11.6 Å². The highest BCUT2D eigenvalue weighted by atomic mass is 35.5. The summed E-state index contributed by atoms with van der Waals surface area (Å²) in [6.45, 7) is 0.208. The minimum Gasteiger partial charge on any atom is -0.478 e. The van der Waals surface area contributed by atoms with E-state index in [1.54, 1.807) is 36.5 Å². The van der Waals surface area contributed by atoms with Crippen molar-refractivity contribution in [2.45, 2.75) is 37.5 Å². The van der Waals surface area contributed by atoms with Crippen LogP contribution in [-0.2, 0) is 35.0 Å². The van der Waals surface area contributed by atoms with Crippen LogP contribution in [0.4, 0.5) is 0 Å². The molecule has 244 valence electrons. The lowest BCUT2D eigenvalue weighted by atomic mass is 9.97. The van der Waals surface area contributed by atoms with Crippen molar-refractivity contribution in [2.24, 2.45) is 0 Å². The van der Waals surface area contributed by atoms with Gasteiger partial charge in [0.25, 0.3) is 0 Å². The van der Waals surface area contributed by atoms with Crippen LogP contribution in [0, 0.1) is 0 Å². The molecule has 0 bridgehead atoms. The number of nitrogens with zero attached hydrogens (tertiary/aromatic N) is 2. The molecule has 0 unspecified atom stereocenters. The highest BCUT2D eigenvalue weighted by Gasteiger charge is 2.26. The van der Waals surface area contributed by atoms with Crippen LogP contribution in [0.3, 0.4) is 0 Å². The van der Waals surface area contributed by atoms with Gasteiger partial charge in [0, 0.05) is 40.8 Å². The molecular weight excluding hydrogens is 642 g/mol. The Bertz CT molecular complexity index is 2060. The first kappa shape index (κ1) is 33.2. The zero-order valence-corrected chi connectivity index (χ0v) is 27.9. The van der Waals surface area contributed by atoms with Crippen LogP contribution in [-0.4, -0.2) is 35.6 Å². The van der Waals surface area contributed by atoms with Gasteiger partial charge in [-0.05, 0) is 84.0 Å². The highest BCUT2D eigenvalue weighted by Crippen LogP contribution is 2.38. The molecule has 6 aromatic rings. The van der Waals surface area contributed by atoms with Gasteiger partial charge < -0.3 is 9.67 Å². The highest BCUT2D eigenvalue weighted by molar-refractivity contribution is 7.88. The summed E-state index contributed by atoms with van der Waals surface area (Å²) in [6.07, 6.45) is 4.32. The molecule has 2 heterocycles. The number of carboxylic acid groups (broad SMARTS) is 1. The quantitative estimate of drug-likeness (QED) is 0.122. The average Bonchev–Trinajstić information content (AvgIpc) is 3.37. The molecule has 0 aliphatic carbocycles. The number of benzene rings is 4. The number of carbonyl (C=O) groups is 1. The topological polar surface area (TPSA) is 101 Å². The lowest BCUT2D eigenvalue weighted by molar-refractivity contribution is 0.0697. The van der Waals surface area contributed by atoms with E-state index in [9.17, 15) is 18.3 Å². The minimum atomic E-state index is -3.64. The van der Waals surface area contributed by atoms with Crippen molar-refractivity contribution < 1.29 is 18.3 Å². The number of sulfonamides is 1. The first-order chi connectivity index (χ1) is 23.3. The van der Waals surface area contributed by atoms with Crippen LogP contribution in [0.25, 0.3) is 10.9 Å². The van der Waals surface area contributed by atoms with Gasteiger partial charge in [-0.1, -0.05) is 90.5 Å². The Morgan fingerprint density at radius 1 is 0.812 bits per heavy atom. The second-order valence-corrected chi connectivity index (χ2v) is 14.0. The largest absolute Gasteiger partial charge is 0.478 e. The third-order valence-corrected chi connectivity index (χ3v) is 10.1. The van der Waals surface area contributed by atoms with Crippen molar-refractivity contribution in [3.8, 4) is 0 Å². The van der Waals surface area contributed by atoms with Gasteiger partial charge in [-0.25, -0.2) is 17.9 Å². The van der Waals surface area contributed by atoms with E-state index in [-0.39, 0.29) is 23.9 Å². The van der Waals surface area contributed by atoms with Gasteiger partial charge in [-0.3, -0.25) is 4.98 Å². The summed E-state index contributed by atoms with van der Waals surface area (Å²) >= 11 is 6.62. The SMILES string of the molecule is O=C(O)c1ccc(CCCc2c(CCNS(=O)(=O)Cc3ccccn3)n(C(c3ccccc3)c3ccccc3)c3ccc(Cl)cc23)cc1. The molecule has 4 aromatic carbocycles. The van der Waals surface area contributed by atoms with Gasteiger partial charge >= 0.3 is 5.97 Å². The van der Waals surface area contributed by atoms with Crippen molar-refractivity contribution in [1.82, 2.24) is 14.3 Å². The molecule has 6 rings (SSSR count). The maximum Gasteiger partial charge on any atom is 0.335 e. The van der Waals surface area contributed by atoms with E-state index >= 15 is 0 Å². The number of carboxylic acids is 1. The summed E-state index contributed by atoms with van der Waals surface area (Å²) < 4.78 is 31.4. The second kappa shape index (κ2) is 15.0. The summed E-state index contributed by atoms with van der Waals surface area (Å²) in [4.78, 5) is 15.5. The predicted molar refractivity (Wildman–Crippen MR) is 191 cm³/mol. The molecule has 0 fully saturated rings. The Balaban J connectivity index is 1.40. The number of aromatic carboxylic acids is 1. The number of nitrogens with one attached hydrogen (secondary N) is 1. The third-order valence-electron chi connectivity index (χ3n) is 8.51. The Kier molecular flexibility index (Phi) is 10.3. The molecule has 0 radical (unpaired) electrons. The third kappa shape index (κ3) is 7.85. The van der Waals surface area contributed by atoms with E-state index < -0.39 is 16.0 Å². The van der Waals surface area contributed by atoms with Crippen LogP contribution in [0.5, 0.6) is 0 Å². The number of aromatic nitrogens is 2. The van der Waals surface area contributed by atoms with Crippen LogP contribution < -0.4 is 4.72 Å². The maximum atomic E-state index is 13.1. The summed E-state index contributed by atoms with van der Waals surface area (Å²) in [5, 5.41) is 11.0. The first-order valence-electron chi connectivity index (χ1n) is 15.9. The molecule has 0 spiro atoms. The van der Waals surface area contributed by atoms with Gasteiger partial charge in [0.05, 0.1) is 17.3 Å². The normalized spacial score (nSPS) is 11.7. The number of fused-ring (bicyclic) bond motifs is 1. The fourth-order valence-electron chi connectivity index (χ4n) is 6.35. The minimum absolute atomic E-state index is 0.173. The Morgan fingerprint density at radius 3 is 2.10 bits per heavy atom. The van der Waals surface area contributed by atoms with Gasteiger partial charge in [0.1, 0.15) is 5.75 Å². The second-order valence-electron chi connectivity index (χ2n) is 11.8. The molecule has 7 nitrogen and oxygen atoms in total. The lowest BCUT2D eigenvalue weighted by Crippen LogP contribution is -2.28. The first-order valence-corrected chi connectivity index (χ1v) is 17.9. The average molecular weight is 678 g/mol. The Labute approximate surface area is 285 Å². The zero-order chi connectivity index (χ0) is 33.5. The van der Waals surface area contributed by atoms with Gasteiger partial charge in [-0.15, -0.1) is 0 Å². The monoisotopic (exact) mass is 677 g/mol. The molecule has 48 heavy (non-hydrogen) atoms. The molecule has 9 heteroatoms. The molecule has 0 saturated heterocycles. The smallest absolute Gasteiger partial charge is 0.335 e. The fourth-order valence-corrected chi connectivity index (χ4v) is 7.60. The number of hydrogen-bond donors (Lipinski definition) is 2. The molecule has 0 aliphatic heterocycles. The number of rotatable bonds is 14. The van der Waals surface area contributed by atoms with Crippen LogP contribution in [0.2, 0.25) is 5.02 Å². The summed E-state index contributed by atoms with van der Waals surface area (Å²) in [5.41, 5.74) is 7.19. The molecule has 2 aromatic heterocycles. The van der Waals surface area contributed by atoms with Gasteiger partial charge in [0.15, 0.2) is 0 Å². The van der Waals surface area contributed by atoms with Crippen molar-refractivity contribution in [1.29, 1.82) is 0 Å². The van der Waals surface area contributed by atoms with Gasteiger partial charge in [-0.2, -0.15) is 0 Å². The summed E-state index contributed by atoms with van der Waals surface area (Å²) in [7, 11) is -3.64. The molecule has 0 atom stereocenters. The van der Waals surface area contributed by atoms with E-state index in [0.29, 0.717) is 17.1 Å². The van der Waals surface area contributed by atoms with Crippen molar-refractivity contribution >= 4 is 38.5 Å². The lowest BCUT2D eigenvalue weighted by Gasteiger charge is -2.25. The van der Waals surface area contributed by atoms with Crippen LogP contribution in [0.1, 0.15) is 56.5 Å². The van der Waals surface area contributed by atoms with E-state index in [1.165, 1.54) is 0 Å². The van der Waals surface area contributed by atoms with Crippen molar-refractivity contribution in [3.05, 3.63) is 172 Å². The molecule has 0 aliphatic rings. The number of pyridine rings is 1. The van der Waals surface area contributed by atoms with E-state index in [0.717, 1.165) is 58.1 Å². The molecule has 2 N–H and O–H groups in total. The van der Waals surface area contributed by atoms with E-state index in [4.69, 9.17) is 11.6 Å². The standard InChI is InChI=1S/C39H36ClN3O4S/c40-32-21-22-36-35(26-32)34(16-9-10-28-17-19-31(20-18-28)39(44)45)37(23-25-42-48(46,47)27-33-15-7-8-24-41-33)43(36)38(29-11-3-1-4-12-29)30-13-5-2-6-14-30/h1-8,11-15,17-22,24,26,38,42H,9-10,16,23,25,27H2,(H,44,45). The Hall–Kier alpha value is -4.76. The van der Waals surface area contributed by atoms with Crippen LogP contribution in [0.15, 0.2) is 128 Å². The summed E-state index contributed by atoms with van der Waals surface area (Å²) in [6, 6.07) is 38.7. The molecule has 0 amide bonds. The van der Waals surface area contributed by atoms with Gasteiger partial charge in [0.2, 0.25) is 10.0 Å². The summed E-state index contributed by atoms with van der Waals surface area (Å²) in [5.74, 6) is -1.14. The van der Waals surface area contributed by atoms with E-state index in [1.807, 2.05) is 60.7 Å². The fraction of sp³-hybridized carbons (Fsp3) is 0.179. The number of halogens is 1. The van der Waals surface area contributed by atoms with E-state index in [2.05, 4.69) is 44.6 Å². The van der Waals surface area contributed by atoms with Crippen molar-refractivity contribution in [3.63, 3.8) is 0 Å². The number of aryl methyl sites for hydroxylation is 2. The molecule has 0 saturated carbocycles. The predicted octanol–water partition coefficient (Wildman–Crippen LogP) is 7.86.